The third kappa shape index (κ3) is 4.70. The Morgan fingerprint density at radius 3 is 2.36 bits per heavy atom. The minimum atomic E-state index is -0.387. The normalized spacial score (nSPS) is 11.2. The number of rotatable bonds is 5. The number of hydrogen-bond donors (Lipinski definition) is 2. The van der Waals surface area contributed by atoms with Gasteiger partial charge in [0.15, 0.2) is 0 Å². The molecule has 1 amide bonds. The van der Waals surface area contributed by atoms with Crippen LogP contribution in [-0.4, -0.2) is 27.8 Å². The van der Waals surface area contributed by atoms with Crippen molar-refractivity contribution >= 4 is 17.6 Å². The molecule has 0 atom stereocenters. The van der Waals surface area contributed by atoms with Gasteiger partial charge in [0, 0.05) is 12.5 Å². The Morgan fingerprint density at radius 1 is 1.04 bits per heavy atom. The van der Waals surface area contributed by atoms with E-state index in [1.807, 2.05) is 31.2 Å². The van der Waals surface area contributed by atoms with Gasteiger partial charge >= 0.3 is 5.97 Å². The molecule has 0 unspecified atom stereocenters. The molecule has 0 saturated carbocycles. The SMILES string of the molecule is CC(=O)Oc1ccc(C(C)=NNC(=O)c2cc(-c3ccc(C)cc3)n[nH]2)cc1. The molecule has 0 spiro atoms. The van der Waals surface area contributed by atoms with Crippen LogP contribution < -0.4 is 10.2 Å². The van der Waals surface area contributed by atoms with Crippen molar-refractivity contribution < 1.29 is 14.3 Å². The molecule has 0 saturated heterocycles. The number of aryl methyl sites for hydroxylation is 1. The highest BCUT2D eigenvalue weighted by Crippen LogP contribution is 2.18. The van der Waals surface area contributed by atoms with E-state index in [0.29, 0.717) is 22.8 Å². The summed E-state index contributed by atoms with van der Waals surface area (Å²) in [6.45, 7) is 5.12. The molecule has 142 valence electrons. The van der Waals surface area contributed by atoms with Crippen LogP contribution in [0.2, 0.25) is 0 Å². The number of nitrogens with one attached hydrogen (secondary N) is 2. The minimum Gasteiger partial charge on any atom is -0.427 e. The number of ether oxygens (including phenoxy) is 1. The number of nitrogens with zero attached hydrogens (tertiary/aromatic N) is 2. The van der Waals surface area contributed by atoms with Crippen molar-refractivity contribution in [3.8, 4) is 17.0 Å². The van der Waals surface area contributed by atoms with Crippen molar-refractivity contribution in [3.05, 3.63) is 71.4 Å². The highest BCUT2D eigenvalue weighted by molar-refractivity contribution is 6.00. The van der Waals surface area contributed by atoms with Crippen molar-refractivity contribution in [1.29, 1.82) is 0 Å². The lowest BCUT2D eigenvalue weighted by Crippen LogP contribution is -2.19. The van der Waals surface area contributed by atoms with E-state index in [1.54, 1.807) is 37.3 Å². The Bertz CT molecular complexity index is 1020. The second-order valence-corrected chi connectivity index (χ2v) is 6.29. The molecule has 7 nitrogen and oxygen atoms in total. The Labute approximate surface area is 162 Å². The number of hydrogen-bond acceptors (Lipinski definition) is 5. The first-order valence-electron chi connectivity index (χ1n) is 8.68. The van der Waals surface area contributed by atoms with Gasteiger partial charge in [0.2, 0.25) is 0 Å². The summed E-state index contributed by atoms with van der Waals surface area (Å²) in [6.07, 6.45) is 0. The molecule has 0 aliphatic heterocycles. The molecule has 0 radical (unpaired) electrons. The monoisotopic (exact) mass is 376 g/mol. The zero-order valence-corrected chi connectivity index (χ0v) is 15.8. The average molecular weight is 376 g/mol. The summed E-state index contributed by atoms with van der Waals surface area (Å²) in [4.78, 5) is 23.3. The molecule has 0 aliphatic rings. The van der Waals surface area contributed by atoms with Gasteiger partial charge < -0.3 is 4.74 Å². The van der Waals surface area contributed by atoms with E-state index in [0.717, 1.165) is 16.7 Å². The summed E-state index contributed by atoms with van der Waals surface area (Å²) >= 11 is 0. The van der Waals surface area contributed by atoms with E-state index < -0.39 is 0 Å². The van der Waals surface area contributed by atoms with Crippen LogP contribution in [0.25, 0.3) is 11.3 Å². The lowest BCUT2D eigenvalue weighted by atomic mass is 10.1. The number of benzene rings is 2. The Morgan fingerprint density at radius 2 is 1.71 bits per heavy atom. The lowest BCUT2D eigenvalue weighted by molar-refractivity contribution is -0.131. The predicted octanol–water partition coefficient (Wildman–Crippen LogP) is 3.46. The maximum atomic E-state index is 12.3. The molecule has 0 bridgehead atoms. The molecule has 2 N–H and O–H groups in total. The molecular weight excluding hydrogens is 356 g/mol. The molecule has 1 aromatic heterocycles. The standard InChI is InChI=1S/C21H20N4O3/c1-13-4-6-17(7-5-13)19-12-20(24-23-19)21(27)25-22-14(2)16-8-10-18(11-9-16)28-15(3)26/h4-12H,1-3H3,(H,23,24)(H,25,27). The van der Waals surface area contributed by atoms with Crippen LogP contribution in [0, 0.1) is 6.92 Å². The first-order chi connectivity index (χ1) is 13.4. The molecule has 28 heavy (non-hydrogen) atoms. The van der Waals surface area contributed by atoms with Gasteiger partial charge in [0.25, 0.3) is 5.91 Å². The lowest BCUT2D eigenvalue weighted by Gasteiger charge is -2.04. The Hall–Kier alpha value is -3.74. The van der Waals surface area contributed by atoms with Gasteiger partial charge in [-0.25, -0.2) is 5.43 Å². The minimum absolute atomic E-state index is 0.317. The van der Waals surface area contributed by atoms with E-state index in [-0.39, 0.29) is 11.9 Å². The van der Waals surface area contributed by atoms with Crippen LogP contribution in [0.3, 0.4) is 0 Å². The smallest absolute Gasteiger partial charge is 0.308 e. The maximum Gasteiger partial charge on any atom is 0.308 e. The number of aromatic nitrogens is 2. The summed E-state index contributed by atoms with van der Waals surface area (Å²) in [7, 11) is 0. The zero-order chi connectivity index (χ0) is 20.1. The molecular formula is C21H20N4O3. The maximum absolute atomic E-state index is 12.3. The van der Waals surface area contributed by atoms with Crippen LogP contribution in [0.5, 0.6) is 5.75 Å². The molecule has 7 heteroatoms. The van der Waals surface area contributed by atoms with Crippen LogP contribution in [0.15, 0.2) is 59.7 Å². The van der Waals surface area contributed by atoms with Crippen molar-refractivity contribution in [3.63, 3.8) is 0 Å². The zero-order valence-electron chi connectivity index (χ0n) is 15.8. The average Bonchev–Trinajstić information content (AvgIpc) is 3.17. The number of carbonyl (C=O) groups is 2. The first-order valence-corrected chi connectivity index (χ1v) is 8.68. The largest absolute Gasteiger partial charge is 0.427 e. The van der Waals surface area contributed by atoms with E-state index in [1.165, 1.54) is 6.92 Å². The van der Waals surface area contributed by atoms with Crippen LogP contribution in [-0.2, 0) is 4.79 Å². The van der Waals surface area contributed by atoms with Crippen LogP contribution >= 0.6 is 0 Å². The number of carbonyl (C=O) groups excluding carboxylic acids is 2. The first kappa shape index (κ1) is 19.0. The fourth-order valence-electron chi connectivity index (χ4n) is 2.50. The summed E-state index contributed by atoms with van der Waals surface area (Å²) in [5.74, 6) is -0.314. The van der Waals surface area contributed by atoms with Gasteiger partial charge in [-0.15, -0.1) is 0 Å². The van der Waals surface area contributed by atoms with E-state index >= 15 is 0 Å². The third-order valence-electron chi connectivity index (χ3n) is 4.03. The van der Waals surface area contributed by atoms with E-state index in [9.17, 15) is 9.59 Å². The van der Waals surface area contributed by atoms with Gasteiger partial charge in [-0.3, -0.25) is 14.7 Å². The quantitative estimate of drug-likeness (QED) is 0.308. The summed E-state index contributed by atoms with van der Waals surface area (Å²) < 4.78 is 4.99. The van der Waals surface area contributed by atoms with Gasteiger partial charge in [-0.1, -0.05) is 29.8 Å². The van der Waals surface area contributed by atoms with Gasteiger partial charge in [0.05, 0.1) is 11.4 Å². The molecule has 3 rings (SSSR count). The second kappa shape index (κ2) is 8.30. The highest BCUT2D eigenvalue weighted by Gasteiger charge is 2.11. The fourth-order valence-corrected chi connectivity index (χ4v) is 2.50. The van der Waals surface area contributed by atoms with Crippen molar-refractivity contribution in [2.75, 3.05) is 0 Å². The summed E-state index contributed by atoms with van der Waals surface area (Å²) in [5.41, 5.74) is 7.00. The molecule has 3 aromatic rings. The van der Waals surface area contributed by atoms with Gasteiger partial charge in [0.1, 0.15) is 11.4 Å². The van der Waals surface area contributed by atoms with E-state index in [4.69, 9.17) is 4.74 Å². The number of H-pyrrole nitrogens is 1. The van der Waals surface area contributed by atoms with Crippen molar-refractivity contribution in [2.24, 2.45) is 5.10 Å². The number of esters is 1. The molecule has 2 aromatic carbocycles. The molecule has 1 heterocycles. The van der Waals surface area contributed by atoms with Crippen LogP contribution in [0.1, 0.15) is 35.5 Å². The van der Waals surface area contributed by atoms with Crippen molar-refractivity contribution in [1.82, 2.24) is 15.6 Å². The number of amides is 1. The summed E-state index contributed by atoms with van der Waals surface area (Å²) in [6, 6.07) is 16.4. The summed E-state index contributed by atoms with van der Waals surface area (Å²) in [5, 5.41) is 11.0. The topological polar surface area (TPSA) is 96.4 Å². The Balaban J connectivity index is 1.66. The number of aromatic amines is 1. The fraction of sp³-hybridized carbons (Fsp3) is 0.143. The second-order valence-electron chi connectivity index (χ2n) is 6.29. The van der Waals surface area contributed by atoms with E-state index in [2.05, 4.69) is 20.7 Å². The predicted molar refractivity (Wildman–Crippen MR) is 106 cm³/mol. The van der Waals surface area contributed by atoms with Gasteiger partial charge in [-0.05, 0) is 49.7 Å². The van der Waals surface area contributed by atoms with Crippen molar-refractivity contribution in [2.45, 2.75) is 20.8 Å². The van der Waals surface area contributed by atoms with Crippen LogP contribution in [0.4, 0.5) is 0 Å². The molecule has 0 aliphatic carbocycles. The van der Waals surface area contributed by atoms with Gasteiger partial charge in [-0.2, -0.15) is 10.2 Å². The molecule has 0 fully saturated rings. The third-order valence-corrected chi connectivity index (χ3v) is 4.03. The highest BCUT2D eigenvalue weighted by atomic mass is 16.5. The number of hydrazone groups is 1. The Kier molecular flexibility index (Phi) is 5.64.